The van der Waals surface area contributed by atoms with Crippen LogP contribution in [0.4, 0.5) is 0 Å². The summed E-state index contributed by atoms with van der Waals surface area (Å²) >= 11 is 1.64. The molecule has 0 bridgehead atoms. The number of hydrogen-bond acceptors (Lipinski definition) is 4. The number of primary amides is 1. The molecule has 0 spiro atoms. The molecule has 1 aliphatic heterocycles. The van der Waals surface area contributed by atoms with Gasteiger partial charge in [0.2, 0.25) is 5.91 Å². The molecule has 1 amide bonds. The molecule has 4 nitrogen and oxygen atoms in total. The van der Waals surface area contributed by atoms with Crippen molar-refractivity contribution in [3.8, 4) is 0 Å². The fraction of sp³-hybridized carbons (Fsp3) is 0.385. The minimum atomic E-state index is -0.766. The van der Waals surface area contributed by atoms with Crippen LogP contribution in [0.5, 0.6) is 0 Å². The second kappa shape index (κ2) is 5.02. The molecule has 0 saturated carbocycles. The molecule has 0 aliphatic carbocycles. The Labute approximate surface area is 111 Å². The van der Waals surface area contributed by atoms with Gasteiger partial charge < -0.3 is 11.1 Å². The minimum Gasteiger partial charge on any atom is -0.368 e. The van der Waals surface area contributed by atoms with Crippen LogP contribution in [0.15, 0.2) is 35.3 Å². The van der Waals surface area contributed by atoms with Crippen LogP contribution < -0.4 is 11.1 Å². The molecular weight excluding hydrogens is 246 g/mol. The molecule has 1 aromatic carbocycles. The molecule has 1 unspecified atom stereocenters. The third-order valence-corrected chi connectivity index (χ3v) is 4.02. The van der Waals surface area contributed by atoms with Gasteiger partial charge in [0.25, 0.3) is 0 Å². The van der Waals surface area contributed by atoms with E-state index in [0.29, 0.717) is 5.25 Å². The standard InChI is InChI=1S/C13H17N3OS/c1-13(2,11(14)17)16-12-15-8-10(18-12)9-6-4-3-5-7-9/h3-7,10H,8H2,1-2H3,(H2,14,17)(H,15,16). The second-order valence-corrected chi connectivity index (χ2v) is 5.97. The number of thioether (sulfide) groups is 1. The van der Waals surface area contributed by atoms with E-state index in [9.17, 15) is 4.79 Å². The largest absolute Gasteiger partial charge is 0.368 e. The SMILES string of the molecule is CC(C)(NC1=NCC(c2ccccc2)S1)C(N)=O. The van der Waals surface area contributed by atoms with Crippen LogP contribution in [-0.4, -0.2) is 23.2 Å². The molecule has 3 N–H and O–H groups in total. The number of amides is 1. The van der Waals surface area contributed by atoms with E-state index in [4.69, 9.17) is 5.73 Å². The summed E-state index contributed by atoms with van der Waals surface area (Å²) in [5, 5.41) is 4.19. The van der Waals surface area contributed by atoms with Crippen molar-refractivity contribution in [2.24, 2.45) is 10.7 Å². The number of nitrogens with one attached hydrogen (secondary N) is 1. The molecule has 0 aromatic heterocycles. The highest BCUT2D eigenvalue weighted by Gasteiger charge is 2.29. The van der Waals surface area contributed by atoms with Gasteiger partial charge in [-0.2, -0.15) is 0 Å². The van der Waals surface area contributed by atoms with Gasteiger partial charge in [0.1, 0.15) is 5.54 Å². The first-order valence-corrected chi connectivity index (χ1v) is 6.71. The van der Waals surface area contributed by atoms with Gasteiger partial charge in [0.15, 0.2) is 5.17 Å². The Morgan fingerprint density at radius 3 is 2.72 bits per heavy atom. The van der Waals surface area contributed by atoms with E-state index in [0.717, 1.165) is 11.7 Å². The second-order valence-electron chi connectivity index (χ2n) is 4.78. The Hall–Kier alpha value is -1.49. The van der Waals surface area contributed by atoms with Crippen molar-refractivity contribution in [1.82, 2.24) is 5.32 Å². The van der Waals surface area contributed by atoms with E-state index in [1.54, 1.807) is 25.6 Å². The molecule has 0 radical (unpaired) electrons. The number of rotatable bonds is 3. The van der Waals surface area contributed by atoms with Crippen molar-refractivity contribution in [3.05, 3.63) is 35.9 Å². The van der Waals surface area contributed by atoms with Crippen LogP contribution in [0.3, 0.4) is 0 Å². The van der Waals surface area contributed by atoms with E-state index in [-0.39, 0.29) is 5.91 Å². The number of carbonyl (C=O) groups excluding carboxylic acids is 1. The van der Waals surface area contributed by atoms with Crippen molar-refractivity contribution in [3.63, 3.8) is 0 Å². The van der Waals surface area contributed by atoms with Crippen LogP contribution >= 0.6 is 11.8 Å². The number of carbonyl (C=O) groups is 1. The third-order valence-electron chi connectivity index (χ3n) is 2.86. The highest BCUT2D eigenvalue weighted by atomic mass is 32.2. The van der Waals surface area contributed by atoms with Gasteiger partial charge in [0.05, 0.1) is 11.8 Å². The number of nitrogens with zero attached hydrogens (tertiary/aromatic N) is 1. The summed E-state index contributed by atoms with van der Waals surface area (Å²) in [5.41, 5.74) is 5.81. The van der Waals surface area contributed by atoms with E-state index < -0.39 is 5.54 Å². The van der Waals surface area contributed by atoms with Crippen molar-refractivity contribution < 1.29 is 4.79 Å². The van der Waals surface area contributed by atoms with Gasteiger partial charge in [-0.15, -0.1) is 0 Å². The minimum absolute atomic E-state index is 0.317. The van der Waals surface area contributed by atoms with Crippen LogP contribution in [-0.2, 0) is 4.79 Å². The molecule has 1 heterocycles. The van der Waals surface area contributed by atoms with Crippen LogP contribution in [0.25, 0.3) is 0 Å². The summed E-state index contributed by atoms with van der Waals surface area (Å²) in [5.74, 6) is -0.381. The fourth-order valence-corrected chi connectivity index (χ4v) is 2.79. The zero-order valence-electron chi connectivity index (χ0n) is 10.5. The average Bonchev–Trinajstić information content (AvgIpc) is 2.78. The van der Waals surface area contributed by atoms with Gasteiger partial charge in [-0.3, -0.25) is 9.79 Å². The lowest BCUT2D eigenvalue weighted by Crippen LogP contribution is -2.52. The highest BCUT2D eigenvalue weighted by Crippen LogP contribution is 2.34. The summed E-state index contributed by atoms with van der Waals surface area (Å²) in [7, 11) is 0. The molecule has 1 aromatic rings. The van der Waals surface area contributed by atoms with Crippen molar-refractivity contribution in [2.75, 3.05) is 6.54 Å². The summed E-state index contributed by atoms with van der Waals surface area (Å²) in [6.45, 7) is 4.24. The summed E-state index contributed by atoms with van der Waals surface area (Å²) in [6.07, 6.45) is 0. The molecule has 5 heteroatoms. The number of amidine groups is 1. The third kappa shape index (κ3) is 2.85. The first-order chi connectivity index (χ1) is 8.49. The Morgan fingerprint density at radius 1 is 1.44 bits per heavy atom. The monoisotopic (exact) mass is 263 g/mol. The highest BCUT2D eigenvalue weighted by molar-refractivity contribution is 8.14. The van der Waals surface area contributed by atoms with Crippen molar-refractivity contribution in [1.29, 1.82) is 0 Å². The van der Waals surface area contributed by atoms with E-state index in [2.05, 4.69) is 22.4 Å². The van der Waals surface area contributed by atoms with Gasteiger partial charge in [0, 0.05) is 0 Å². The number of hydrogen-bond donors (Lipinski definition) is 2. The zero-order chi connectivity index (χ0) is 13.2. The van der Waals surface area contributed by atoms with Crippen LogP contribution in [0.1, 0.15) is 24.7 Å². The van der Waals surface area contributed by atoms with Gasteiger partial charge in [-0.1, -0.05) is 42.1 Å². The Morgan fingerprint density at radius 2 is 2.11 bits per heavy atom. The lowest BCUT2D eigenvalue weighted by molar-refractivity contribution is -0.122. The first kappa shape index (κ1) is 13.0. The van der Waals surface area contributed by atoms with Gasteiger partial charge in [-0.05, 0) is 19.4 Å². The van der Waals surface area contributed by atoms with Crippen LogP contribution in [0, 0.1) is 0 Å². The van der Waals surface area contributed by atoms with E-state index in [1.165, 1.54) is 5.56 Å². The predicted molar refractivity (Wildman–Crippen MR) is 75.5 cm³/mol. The molecule has 1 aliphatic rings. The Balaban J connectivity index is 1.99. The van der Waals surface area contributed by atoms with Crippen molar-refractivity contribution in [2.45, 2.75) is 24.6 Å². The average molecular weight is 263 g/mol. The number of aliphatic imine (C=N–C) groups is 1. The molecule has 0 saturated heterocycles. The number of benzene rings is 1. The van der Waals surface area contributed by atoms with Gasteiger partial charge in [-0.25, -0.2) is 0 Å². The lowest BCUT2D eigenvalue weighted by Gasteiger charge is -2.23. The molecule has 18 heavy (non-hydrogen) atoms. The zero-order valence-corrected chi connectivity index (χ0v) is 11.3. The Kier molecular flexibility index (Phi) is 3.61. The van der Waals surface area contributed by atoms with E-state index >= 15 is 0 Å². The summed E-state index contributed by atoms with van der Waals surface area (Å²) < 4.78 is 0. The summed E-state index contributed by atoms with van der Waals surface area (Å²) in [6, 6.07) is 10.2. The maximum atomic E-state index is 11.3. The normalized spacial score (nSPS) is 19.4. The molecule has 1 atom stereocenters. The maximum Gasteiger partial charge on any atom is 0.242 e. The van der Waals surface area contributed by atoms with E-state index in [1.807, 2.05) is 18.2 Å². The molecular formula is C13H17N3OS. The summed E-state index contributed by atoms with van der Waals surface area (Å²) in [4.78, 5) is 15.7. The Bertz CT molecular complexity index is 470. The maximum absolute atomic E-state index is 11.3. The first-order valence-electron chi connectivity index (χ1n) is 5.83. The van der Waals surface area contributed by atoms with Crippen molar-refractivity contribution >= 4 is 22.8 Å². The van der Waals surface area contributed by atoms with Crippen LogP contribution in [0.2, 0.25) is 0 Å². The smallest absolute Gasteiger partial charge is 0.242 e. The number of nitrogens with two attached hydrogens (primary N) is 1. The molecule has 0 fully saturated rings. The topological polar surface area (TPSA) is 67.5 Å². The van der Waals surface area contributed by atoms with Gasteiger partial charge >= 0.3 is 0 Å². The lowest BCUT2D eigenvalue weighted by atomic mass is 10.1. The molecule has 96 valence electrons. The fourth-order valence-electron chi connectivity index (χ4n) is 1.61. The molecule has 2 rings (SSSR count). The predicted octanol–water partition coefficient (Wildman–Crippen LogP) is 1.68. The quantitative estimate of drug-likeness (QED) is 0.872.